The summed E-state index contributed by atoms with van der Waals surface area (Å²) in [6.45, 7) is 0. The van der Waals surface area contributed by atoms with Gasteiger partial charge in [0.15, 0.2) is 0 Å². The quantitative estimate of drug-likeness (QED) is 0.107. The van der Waals surface area contributed by atoms with Crippen LogP contribution in [0.25, 0.3) is 20.5 Å². The number of methoxy groups -OCH3 is 3. The van der Waals surface area contributed by atoms with Crippen LogP contribution in [0.2, 0.25) is 0 Å². The van der Waals surface area contributed by atoms with E-state index in [1.807, 2.05) is 0 Å². The lowest BCUT2D eigenvalue weighted by Gasteiger charge is -2.10. The van der Waals surface area contributed by atoms with Gasteiger partial charge < -0.3 is 28.4 Å². The zero-order chi connectivity index (χ0) is 33.6. The summed E-state index contributed by atoms with van der Waals surface area (Å²) >= 11 is 1.36. The monoisotopic (exact) mass is 659 g/mol. The van der Waals surface area contributed by atoms with Crippen LogP contribution in [0.1, 0.15) is 31.1 Å². The summed E-state index contributed by atoms with van der Waals surface area (Å²) in [4.78, 5) is 39.5. The minimum Gasteiger partial charge on any atom is -0.497 e. The molecule has 1 radical (unpaired) electrons. The zero-order valence-corrected chi connectivity index (χ0v) is 26.8. The Bertz CT molecular complexity index is 2080. The van der Waals surface area contributed by atoms with E-state index in [4.69, 9.17) is 28.4 Å². The van der Waals surface area contributed by atoms with Crippen LogP contribution < -0.4 is 28.4 Å². The molecular weight excluding hydrogens is 632 g/mol. The van der Waals surface area contributed by atoms with Crippen molar-refractivity contribution in [3.05, 3.63) is 132 Å². The molecule has 0 aliphatic carbocycles. The van der Waals surface area contributed by atoms with Crippen molar-refractivity contribution in [2.75, 3.05) is 21.3 Å². The molecule has 6 aromatic rings. The third-order valence-corrected chi connectivity index (χ3v) is 8.29. The van der Waals surface area contributed by atoms with Crippen LogP contribution in [0.5, 0.6) is 34.5 Å². The first-order valence-corrected chi connectivity index (χ1v) is 15.3. The van der Waals surface area contributed by atoms with E-state index < -0.39 is 17.9 Å². The van der Waals surface area contributed by atoms with E-state index in [1.165, 1.54) is 31.6 Å². The Morgan fingerprint density at radius 3 is 1.38 bits per heavy atom. The summed E-state index contributed by atoms with van der Waals surface area (Å²) in [6.07, 6.45) is 0. The van der Waals surface area contributed by atoms with Crippen LogP contribution in [0.4, 0.5) is 0 Å². The molecule has 48 heavy (non-hydrogen) atoms. The van der Waals surface area contributed by atoms with E-state index in [2.05, 4.69) is 6.07 Å². The van der Waals surface area contributed by atoms with Gasteiger partial charge in [-0.15, -0.1) is 11.3 Å². The van der Waals surface area contributed by atoms with Gasteiger partial charge in [0, 0.05) is 27.1 Å². The first kappa shape index (κ1) is 31.8. The Kier molecular flexibility index (Phi) is 9.35. The van der Waals surface area contributed by atoms with Gasteiger partial charge in [-0.1, -0.05) is 0 Å². The molecule has 0 unspecified atom stereocenters. The minimum atomic E-state index is -0.609. The van der Waals surface area contributed by atoms with E-state index >= 15 is 0 Å². The smallest absolute Gasteiger partial charge is 0.343 e. The van der Waals surface area contributed by atoms with Gasteiger partial charge in [-0.25, -0.2) is 14.4 Å². The van der Waals surface area contributed by atoms with Crippen molar-refractivity contribution >= 4 is 39.3 Å². The Morgan fingerprint density at radius 2 is 0.917 bits per heavy atom. The van der Waals surface area contributed by atoms with E-state index in [1.54, 1.807) is 110 Å². The van der Waals surface area contributed by atoms with Gasteiger partial charge in [-0.05, 0) is 109 Å². The van der Waals surface area contributed by atoms with Gasteiger partial charge in [0.2, 0.25) is 0 Å². The third-order valence-electron chi connectivity index (χ3n) is 7.21. The SMILES string of the molecule is COc1ccc(C(=O)Oc2ccc(-c3[c]c4c(OC(=O)c5ccc(OC)cc5)cc(OC(=O)c5ccc(OC)cc5)cc4s3)cc2)cc1. The molecule has 9 nitrogen and oxygen atoms in total. The molecule has 1 heterocycles. The summed E-state index contributed by atoms with van der Waals surface area (Å²) in [5.41, 5.74) is 1.79. The average molecular weight is 660 g/mol. The van der Waals surface area contributed by atoms with Crippen LogP contribution in [-0.2, 0) is 0 Å². The Morgan fingerprint density at radius 1 is 0.500 bits per heavy atom. The van der Waals surface area contributed by atoms with Gasteiger partial charge in [-0.2, -0.15) is 0 Å². The molecule has 5 aromatic carbocycles. The molecule has 10 heteroatoms. The highest BCUT2D eigenvalue weighted by atomic mass is 32.1. The highest BCUT2D eigenvalue weighted by Crippen LogP contribution is 2.41. The molecule has 0 N–H and O–H groups in total. The maximum absolute atomic E-state index is 13.2. The van der Waals surface area contributed by atoms with E-state index in [-0.39, 0.29) is 11.5 Å². The molecule has 0 saturated heterocycles. The lowest BCUT2D eigenvalue weighted by molar-refractivity contribution is 0.0721. The summed E-state index contributed by atoms with van der Waals surface area (Å²) in [5.74, 6) is 0.844. The lowest BCUT2D eigenvalue weighted by atomic mass is 10.1. The number of benzene rings is 5. The van der Waals surface area contributed by atoms with Crippen LogP contribution in [0.15, 0.2) is 109 Å². The average Bonchev–Trinajstić information content (AvgIpc) is 3.56. The van der Waals surface area contributed by atoms with E-state index in [9.17, 15) is 14.4 Å². The molecule has 0 aliphatic rings. The molecule has 0 spiro atoms. The molecule has 1 aromatic heterocycles. The van der Waals surface area contributed by atoms with Crippen LogP contribution >= 0.6 is 11.3 Å². The summed E-state index contributed by atoms with van der Waals surface area (Å²) < 4.78 is 33.2. The lowest BCUT2D eigenvalue weighted by Crippen LogP contribution is -2.10. The molecule has 0 amide bonds. The Balaban J connectivity index is 1.28. The van der Waals surface area contributed by atoms with Gasteiger partial charge in [-0.3, -0.25) is 0 Å². The molecule has 0 saturated carbocycles. The summed E-state index contributed by atoms with van der Waals surface area (Å²) in [7, 11) is 4.63. The van der Waals surface area contributed by atoms with E-state index in [0.717, 1.165) is 10.4 Å². The topological polar surface area (TPSA) is 107 Å². The molecule has 0 fully saturated rings. The first-order chi connectivity index (χ1) is 23.3. The van der Waals surface area contributed by atoms with Crippen molar-refractivity contribution in [1.82, 2.24) is 0 Å². The van der Waals surface area contributed by atoms with Gasteiger partial charge >= 0.3 is 17.9 Å². The third kappa shape index (κ3) is 7.14. The van der Waals surface area contributed by atoms with Gasteiger partial charge in [0.1, 0.15) is 34.5 Å². The van der Waals surface area contributed by atoms with Crippen LogP contribution in [-0.4, -0.2) is 39.2 Å². The van der Waals surface area contributed by atoms with Crippen LogP contribution in [0.3, 0.4) is 0 Å². The van der Waals surface area contributed by atoms with Crippen molar-refractivity contribution in [3.63, 3.8) is 0 Å². The molecule has 0 bridgehead atoms. The van der Waals surface area contributed by atoms with Crippen molar-refractivity contribution in [2.24, 2.45) is 0 Å². The fourth-order valence-corrected chi connectivity index (χ4v) is 5.69. The molecule has 239 valence electrons. The van der Waals surface area contributed by atoms with Crippen LogP contribution in [0, 0.1) is 6.07 Å². The van der Waals surface area contributed by atoms with E-state index in [0.29, 0.717) is 49.8 Å². The predicted molar refractivity (Wildman–Crippen MR) is 180 cm³/mol. The zero-order valence-electron chi connectivity index (χ0n) is 26.0. The van der Waals surface area contributed by atoms with Gasteiger partial charge in [0.05, 0.1) is 38.0 Å². The standard InChI is InChI=1S/C38H27O9S/c1-42-27-12-6-24(7-13-27)36(39)45-30-18-4-23(5-19-30)34-22-32-33(47-38(41)26-10-16-29(44-3)17-11-26)20-31(21-35(32)48-34)46-37(40)25-8-14-28(43-2)15-9-25/h4-21H,1-3H3. The fourth-order valence-electron chi connectivity index (χ4n) is 4.64. The second-order valence-electron chi connectivity index (χ2n) is 10.2. The molecule has 0 atom stereocenters. The Hall–Kier alpha value is -6.13. The number of hydrogen-bond acceptors (Lipinski definition) is 10. The minimum absolute atomic E-state index is 0.165. The molecular formula is C38H27O9S. The maximum atomic E-state index is 13.2. The maximum Gasteiger partial charge on any atom is 0.343 e. The van der Waals surface area contributed by atoms with Crippen molar-refractivity contribution < 1.29 is 42.8 Å². The highest BCUT2D eigenvalue weighted by molar-refractivity contribution is 7.22. The molecule has 0 aliphatic heterocycles. The normalized spacial score (nSPS) is 10.6. The molecule has 6 rings (SSSR count). The number of fused-ring (bicyclic) bond motifs is 1. The predicted octanol–water partition coefficient (Wildman–Crippen LogP) is 8.05. The second kappa shape index (κ2) is 14.1. The van der Waals surface area contributed by atoms with Crippen molar-refractivity contribution in [2.45, 2.75) is 0 Å². The number of esters is 3. The highest BCUT2D eigenvalue weighted by Gasteiger charge is 2.19. The Labute approximate surface area is 279 Å². The number of carbonyl (C=O) groups excluding carboxylic acids is 3. The van der Waals surface area contributed by atoms with Crippen molar-refractivity contribution in [1.29, 1.82) is 0 Å². The first-order valence-electron chi connectivity index (χ1n) is 14.5. The number of hydrogen-bond donors (Lipinski definition) is 0. The number of rotatable bonds is 10. The fraction of sp³-hybridized carbons (Fsp3) is 0.0789. The van der Waals surface area contributed by atoms with Gasteiger partial charge in [0.25, 0.3) is 0 Å². The van der Waals surface area contributed by atoms with Crippen molar-refractivity contribution in [3.8, 4) is 44.9 Å². The summed E-state index contributed by atoms with van der Waals surface area (Å²) in [6, 6.07) is 33.1. The number of carbonyl (C=O) groups is 3. The number of ether oxygens (including phenoxy) is 6. The number of thiophene rings is 1. The second-order valence-corrected chi connectivity index (χ2v) is 11.3. The largest absolute Gasteiger partial charge is 0.497 e. The summed E-state index contributed by atoms with van der Waals surface area (Å²) in [5, 5.41) is 0.524.